The van der Waals surface area contributed by atoms with Gasteiger partial charge in [0.25, 0.3) is 0 Å². The van der Waals surface area contributed by atoms with Crippen molar-refractivity contribution in [2.24, 2.45) is 5.92 Å². The maximum Gasteiger partial charge on any atom is 0.225 e. The Bertz CT molecular complexity index is 375. The molecule has 1 amide bonds. The molecule has 1 saturated heterocycles. The van der Waals surface area contributed by atoms with Crippen LogP contribution in [0.3, 0.4) is 0 Å². The van der Waals surface area contributed by atoms with E-state index >= 15 is 0 Å². The molecule has 1 aromatic rings. The lowest BCUT2D eigenvalue weighted by Gasteiger charge is -2.09. The number of halogens is 1. The number of carbonyl (C=O) groups excluding carboxylic acids is 1. The lowest BCUT2D eigenvalue weighted by atomic mass is 10.1. The maximum atomic E-state index is 11.7. The van der Waals surface area contributed by atoms with Gasteiger partial charge in [-0.1, -0.05) is 28.1 Å². The molecule has 1 fully saturated rings. The van der Waals surface area contributed by atoms with Crippen LogP contribution >= 0.6 is 15.9 Å². The van der Waals surface area contributed by atoms with Crippen LogP contribution in [0.5, 0.6) is 0 Å². The third kappa shape index (κ3) is 3.06. The zero-order valence-corrected chi connectivity index (χ0v) is 10.5. The molecule has 1 unspecified atom stereocenters. The van der Waals surface area contributed by atoms with E-state index in [0.717, 1.165) is 16.5 Å². The van der Waals surface area contributed by atoms with E-state index in [4.69, 9.17) is 4.74 Å². The van der Waals surface area contributed by atoms with Crippen LogP contribution in [0, 0.1) is 5.92 Å². The van der Waals surface area contributed by atoms with Gasteiger partial charge in [-0.15, -0.1) is 0 Å². The Kier molecular flexibility index (Phi) is 3.96. The molecule has 2 rings (SSSR count). The normalized spacial score (nSPS) is 19.7. The van der Waals surface area contributed by atoms with Crippen LogP contribution in [0.1, 0.15) is 12.0 Å². The highest BCUT2D eigenvalue weighted by molar-refractivity contribution is 9.10. The van der Waals surface area contributed by atoms with E-state index in [2.05, 4.69) is 21.2 Å². The lowest BCUT2D eigenvalue weighted by molar-refractivity contribution is -0.125. The second-order valence-electron chi connectivity index (χ2n) is 3.91. The molecular formula is C12H14BrNO2. The number of hydrogen-bond donors (Lipinski definition) is 1. The first-order valence-corrected chi connectivity index (χ1v) is 6.15. The molecule has 0 aliphatic carbocycles. The number of benzene rings is 1. The predicted octanol–water partition coefficient (Wildman–Crippen LogP) is 2.10. The molecule has 0 radical (unpaired) electrons. The molecule has 1 atom stereocenters. The Labute approximate surface area is 103 Å². The van der Waals surface area contributed by atoms with Crippen LogP contribution < -0.4 is 5.32 Å². The summed E-state index contributed by atoms with van der Waals surface area (Å²) in [6, 6.07) is 7.93. The summed E-state index contributed by atoms with van der Waals surface area (Å²) in [5.41, 5.74) is 1.10. The molecule has 3 nitrogen and oxygen atoms in total. The molecule has 1 aliphatic rings. The van der Waals surface area contributed by atoms with E-state index in [1.807, 2.05) is 24.3 Å². The highest BCUT2D eigenvalue weighted by Crippen LogP contribution is 2.14. The highest BCUT2D eigenvalue weighted by Gasteiger charge is 2.22. The number of rotatable bonds is 3. The van der Waals surface area contributed by atoms with Crippen molar-refractivity contribution in [2.45, 2.75) is 13.0 Å². The first-order valence-electron chi connectivity index (χ1n) is 5.35. The fraction of sp³-hybridized carbons (Fsp3) is 0.417. The molecule has 86 valence electrons. The van der Waals surface area contributed by atoms with Crippen LogP contribution in [0.2, 0.25) is 0 Å². The summed E-state index contributed by atoms with van der Waals surface area (Å²) in [4.78, 5) is 11.7. The quantitative estimate of drug-likeness (QED) is 0.923. The zero-order chi connectivity index (χ0) is 11.4. The predicted molar refractivity (Wildman–Crippen MR) is 64.9 cm³/mol. The van der Waals surface area contributed by atoms with Gasteiger partial charge in [-0.25, -0.2) is 0 Å². The SMILES string of the molecule is O=C(NCc1cccc(Br)c1)C1CCOC1. The second kappa shape index (κ2) is 5.46. The summed E-state index contributed by atoms with van der Waals surface area (Å²) in [5.74, 6) is 0.129. The van der Waals surface area contributed by atoms with Crippen molar-refractivity contribution in [2.75, 3.05) is 13.2 Å². The monoisotopic (exact) mass is 283 g/mol. The second-order valence-corrected chi connectivity index (χ2v) is 4.82. The molecule has 4 heteroatoms. The van der Waals surface area contributed by atoms with Gasteiger partial charge in [-0.05, 0) is 24.1 Å². The molecule has 0 spiro atoms. The molecule has 0 aromatic heterocycles. The first-order chi connectivity index (χ1) is 7.75. The van der Waals surface area contributed by atoms with E-state index in [9.17, 15) is 4.79 Å². The standard InChI is InChI=1S/C12H14BrNO2/c13-11-3-1-2-9(6-11)7-14-12(15)10-4-5-16-8-10/h1-3,6,10H,4-5,7-8H2,(H,14,15). The minimum absolute atomic E-state index is 0.0344. The van der Waals surface area contributed by atoms with Crippen molar-refractivity contribution in [3.8, 4) is 0 Å². The van der Waals surface area contributed by atoms with E-state index in [-0.39, 0.29) is 11.8 Å². The van der Waals surface area contributed by atoms with Crippen molar-refractivity contribution in [1.82, 2.24) is 5.32 Å². The van der Waals surface area contributed by atoms with Gasteiger partial charge in [0.15, 0.2) is 0 Å². The fourth-order valence-electron chi connectivity index (χ4n) is 1.72. The van der Waals surface area contributed by atoms with Gasteiger partial charge < -0.3 is 10.1 Å². The van der Waals surface area contributed by atoms with E-state index < -0.39 is 0 Å². The molecule has 1 aliphatic heterocycles. The average Bonchev–Trinajstić information content (AvgIpc) is 2.79. The summed E-state index contributed by atoms with van der Waals surface area (Å²) in [5, 5.41) is 2.93. The Morgan fingerprint density at radius 3 is 3.12 bits per heavy atom. The number of hydrogen-bond acceptors (Lipinski definition) is 2. The van der Waals surface area contributed by atoms with Crippen molar-refractivity contribution >= 4 is 21.8 Å². The molecule has 0 bridgehead atoms. The van der Waals surface area contributed by atoms with Gasteiger partial charge in [0, 0.05) is 17.6 Å². The summed E-state index contributed by atoms with van der Waals surface area (Å²) in [7, 11) is 0. The Morgan fingerprint density at radius 2 is 2.44 bits per heavy atom. The first kappa shape index (κ1) is 11.6. The van der Waals surface area contributed by atoms with Crippen LogP contribution in [0.15, 0.2) is 28.7 Å². The van der Waals surface area contributed by atoms with Crippen LogP contribution in [0.25, 0.3) is 0 Å². The summed E-state index contributed by atoms with van der Waals surface area (Å²) < 4.78 is 6.21. The minimum atomic E-state index is 0.0344. The topological polar surface area (TPSA) is 38.3 Å². The van der Waals surface area contributed by atoms with Gasteiger partial charge in [0.2, 0.25) is 5.91 Å². The maximum absolute atomic E-state index is 11.7. The highest BCUT2D eigenvalue weighted by atomic mass is 79.9. The van der Waals surface area contributed by atoms with Gasteiger partial charge in [-0.3, -0.25) is 4.79 Å². The average molecular weight is 284 g/mol. The largest absolute Gasteiger partial charge is 0.381 e. The van der Waals surface area contributed by atoms with Crippen molar-refractivity contribution in [1.29, 1.82) is 0 Å². The Balaban J connectivity index is 1.84. The lowest BCUT2D eigenvalue weighted by Crippen LogP contribution is -2.30. The zero-order valence-electron chi connectivity index (χ0n) is 8.91. The van der Waals surface area contributed by atoms with Gasteiger partial charge in [0.1, 0.15) is 0 Å². The van der Waals surface area contributed by atoms with E-state index in [1.165, 1.54) is 0 Å². The molecule has 1 heterocycles. The Morgan fingerprint density at radius 1 is 1.56 bits per heavy atom. The smallest absolute Gasteiger partial charge is 0.225 e. The summed E-state index contributed by atoms with van der Waals surface area (Å²) >= 11 is 3.40. The van der Waals surface area contributed by atoms with Crippen molar-refractivity contribution in [3.05, 3.63) is 34.3 Å². The number of ether oxygens (including phenoxy) is 1. The van der Waals surface area contributed by atoms with Gasteiger partial charge >= 0.3 is 0 Å². The molecule has 16 heavy (non-hydrogen) atoms. The molecule has 1 aromatic carbocycles. The van der Waals surface area contributed by atoms with E-state index in [1.54, 1.807) is 0 Å². The number of amides is 1. The molecule has 0 saturated carbocycles. The third-order valence-electron chi connectivity index (χ3n) is 2.66. The van der Waals surface area contributed by atoms with Gasteiger partial charge in [-0.2, -0.15) is 0 Å². The summed E-state index contributed by atoms with van der Waals surface area (Å²) in [6.07, 6.45) is 0.838. The van der Waals surface area contributed by atoms with E-state index in [0.29, 0.717) is 19.8 Å². The Hall–Kier alpha value is -0.870. The molecule has 1 N–H and O–H groups in total. The van der Waals surface area contributed by atoms with Crippen molar-refractivity contribution in [3.63, 3.8) is 0 Å². The molecular weight excluding hydrogens is 270 g/mol. The summed E-state index contributed by atoms with van der Waals surface area (Å²) in [6.45, 7) is 1.84. The third-order valence-corrected chi connectivity index (χ3v) is 3.15. The van der Waals surface area contributed by atoms with Crippen molar-refractivity contribution < 1.29 is 9.53 Å². The fourth-order valence-corrected chi connectivity index (χ4v) is 2.17. The van der Waals surface area contributed by atoms with Gasteiger partial charge in [0.05, 0.1) is 12.5 Å². The minimum Gasteiger partial charge on any atom is -0.381 e. The van der Waals surface area contributed by atoms with Crippen LogP contribution in [-0.2, 0) is 16.1 Å². The number of nitrogens with one attached hydrogen (secondary N) is 1. The number of carbonyl (C=O) groups is 1. The van der Waals surface area contributed by atoms with Crippen LogP contribution in [0.4, 0.5) is 0 Å². The van der Waals surface area contributed by atoms with Crippen LogP contribution in [-0.4, -0.2) is 19.1 Å².